The number of nitrogens with zero attached hydrogens (tertiary/aromatic N) is 4. The van der Waals surface area contributed by atoms with Gasteiger partial charge >= 0.3 is 0 Å². The average molecular weight is 718 g/mol. The molecular weight excluding hydrogens is 696 g/mol. The molecule has 0 fully saturated rings. The summed E-state index contributed by atoms with van der Waals surface area (Å²) in [4.78, 5) is 29.1. The van der Waals surface area contributed by atoms with Gasteiger partial charge in [0.15, 0.2) is 17.3 Å². The van der Waals surface area contributed by atoms with Gasteiger partial charge in [0, 0.05) is 22.0 Å². The zero-order chi connectivity index (χ0) is 30.8. The Balaban J connectivity index is 1.38. The minimum absolute atomic E-state index is 0.0185. The van der Waals surface area contributed by atoms with Crippen molar-refractivity contribution in [1.29, 1.82) is 0 Å². The van der Waals surface area contributed by atoms with Crippen LogP contribution in [0.2, 0.25) is 0 Å². The highest BCUT2D eigenvalue weighted by atomic mass is 79.9. The molecule has 2 aromatic heterocycles. The molecule has 4 aromatic carbocycles. The first kappa shape index (κ1) is 29.3. The Bertz CT molecular complexity index is 2140. The predicted molar refractivity (Wildman–Crippen MR) is 175 cm³/mol. The smallest absolute Gasteiger partial charge is 0.282 e. The number of hydrogen-bond donors (Lipinski definition) is 0. The maximum atomic E-state index is 13.7. The number of furan rings is 1. The van der Waals surface area contributed by atoms with E-state index in [2.05, 4.69) is 37.0 Å². The summed E-state index contributed by atoms with van der Waals surface area (Å²) in [5.74, 6) is 1.49. The van der Waals surface area contributed by atoms with Gasteiger partial charge in [-0.25, -0.2) is 4.98 Å². The highest BCUT2D eigenvalue weighted by molar-refractivity contribution is 9.10. The van der Waals surface area contributed by atoms with Gasteiger partial charge in [-0.05, 0) is 82.5 Å². The minimum Gasteiger partial charge on any atom is -0.490 e. The third-order valence-electron chi connectivity index (χ3n) is 6.61. The first-order valence-electron chi connectivity index (χ1n) is 13.4. The standard InChI is InChI=1S/C32H22Br2N4O6/c1-2-42-28-14-20(13-25(34)30(28)43-18-19-6-5-7-23(12-19)38(40)41)17-35-37-31(36-26-9-4-3-8-24(26)32(37)39)29-16-21-15-22(33)10-11-27(21)44-29/h3-17H,2,18H2,1H3. The van der Waals surface area contributed by atoms with Crippen molar-refractivity contribution in [3.63, 3.8) is 0 Å². The summed E-state index contributed by atoms with van der Waals surface area (Å²) in [6, 6.07) is 24.3. The van der Waals surface area contributed by atoms with Crippen LogP contribution in [0.3, 0.4) is 0 Å². The van der Waals surface area contributed by atoms with Crippen LogP contribution in [-0.2, 0) is 6.61 Å². The van der Waals surface area contributed by atoms with Gasteiger partial charge in [0.25, 0.3) is 11.2 Å². The first-order chi connectivity index (χ1) is 21.3. The Labute approximate surface area is 267 Å². The number of ether oxygens (including phenoxy) is 2. The second-order valence-electron chi connectivity index (χ2n) is 9.59. The lowest BCUT2D eigenvalue weighted by Crippen LogP contribution is -2.20. The Morgan fingerprint density at radius 1 is 1.02 bits per heavy atom. The van der Waals surface area contributed by atoms with Crippen LogP contribution in [0.5, 0.6) is 11.5 Å². The quantitative estimate of drug-likeness (QED) is 0.0841. The molecule has 2 heterocycles. The van der Waals surface area contributed by atoms with Crippen LogP contribution in [0.25, 0.3) is 33.5 Å². The van der Waals surface area contributed by atoms with Crippen LogP contribution >= 0.6 is 31.9 Å². The molecule has 0 atom stereocenters. The van der Waals surface area contributed by atoms with E-state index >= 15 is 0 Å². The highest BCUT2D eigenvalue weighted by Crippen LogP contribution is 2.37. The van der Waals surface area contributed by atoms with Gasteiger partial charge in [0.1, 0.15) is 12.2 Å². The number of aromatic nitrogens is 2. The molecule has 0 spiro atoms. The molecule has 10 nitrogen and oxygen atoms in total. The monoisotopic (exact) mass is 716 g/mol. The van der Waals surface area contributed by atoms with Crippen molar-refractivity contribution in [3.8, 4) is 23.1 Å². The molecule has 0 N–H and O–H groups in total. The zero-order valence-electron chi connectivity index (χ0n) is 23.1. The molecule has 6 aromatic rings. The van der Waals surface area contributed by atoms with E-state index in [4.69, 9.17) is 18.9 Å². The van der Waals surface area contributed by atoms with E-state index < -0.39 is 4.92 Å². The second-order valence-corrected chi connectivity index (χ2v) is 11.4. The van der Waals surface area contributed by atoms with Crippen molar-refractivity contribution < 1.29 is 18.8 Å². The number of rotatable bonds is 9. The maximum Gasteiger partial charge on any atom is 0.282 e. The Hall–Kier alpha value is -4.81. The van der Waals surface area contributed by atoms with Crippen molar-refractivity contribution in [2.45, 2.75) is 13.5 Å². The van der Waals surface area contributed by atoms with Crippen LogP contribution < -0.4 is 15.0 Å². The van der Waals surface area contributed by atoms with Crippen LogP contribution in [0.4, 0.5) is 5.69 Å². The fraction of sp³-hybridized carbons (Fsp3) is 0.0938. The average Bonchev–Trinajstić information content (AvgIpc) is 3.43. The van der Waals surface area contributed by atoms with E-state index in [0.717, 1.165) is 9.86 Å². The van der Waals surface area contributed by atoms with E-state index in [9.17, 15) is 14.9 Å². The molecule has 0 saturated heterocycles. The SMILES string of the molecule is CCOc1cc(C=Nn2c(-c3cc4cc(Br)ccc4o3)nc3ccccc3c2=O)cc(Br)c1OCc1cccc([N+](=O)[O-])c1. The van der Waals surface area contributed by atoms with Gasteiger partial charge in [0.2, 0.25) is 5.82 Å². The molecule has 0 aliphatic carbocycles. The lowest BCUT2D eigenvalue weighted by atomic mass is 10.2. The largest absolute Gasteiger partial charge is 0.490 e. The van der Waals surface area contributed by atoms with E-state index in [1.165, 1.54) is 23.0 Å². The number of hydrogen-bond acceptors (Lipinski definition) is 8. The van der Waals surface area contributed by atoms with Crippen LogP contribution in [0.1, 0.15) is 18.1 Å². The topological polar surface area (TPSA) is 122 Å². The second kappa shape index (κ2) is 12.4. The number of non-ortho nitro benzene ring substituents is 1. The fourth-order valence-corrected chi connectivity index (χ4v) is 5.57. The minimum atomic E-state index is -0.450. The molecule has 0 bridgehead atoms. The third kappa shape index (κ3) is 5.99. The number of nitro groups is 1. The number of fused-ring (bicyclic) bond motifs is 2. The lowest BCUT2D eigenvalue weighted by Gasteiger charge is -2.15. The van der Waals surface area contributed by atoms with Gasteiger partial charge in [0.05, 0.1) is 33.1 Å². The molecule has 0 saturated carbocycles. The first-order valence-corrected chi connectivity index (χ1v) is 15.0. The Morgan fingerprint density at radius 3 is 2.68 bits per heavy atom. The van der Waals surface area contributed by atoms with Crippen molar-refractivity contribution in [3.05, 3.63) is 125 Å². The van der Waals surface area contributed by atoms with E-state index in [-0.39, 0.29) is 23.7 Å². The van der Waals surface area contributed by atoms with Gasteiger partial charge in [-0.2, -0.15) is 9.78 Å². The number of nitro benzene ring substituents is 1. The zero-order valence-corrected chi connectivity index (χ0v) is 26.2. The summed E-state index contributed by atoms with van der Waals surface area (Å²) in [7, 11) is 0. The van der Waals surface area contributed by atoms with Crippen molar-refractivity contribution in [1.82, 2.24) is 9.66 Å². The summed E-state index contributed by atoms with van der Waals surface area (Å²) >= 11 is 7.04. The Kier molecular flexibility index (Phi) is 8.27. The lowest BCUT2D eigenvalue weighted by molar-refractivity contribution is -0.384. The van der Waals surface area contributed by atoms with Crippen molar-refractivity contribution >= 4 is 65.6 Å². The number of benzene rings is 4. The molecule has 0 radical (unpaired) electrons. The third-order valence-corrected chi connectivity index (χ3v) is 7.69. The molecule has 220 valence electrons. The Morgan fingerprint density at radius 2 is 1.86 bits per heavy atom. The van der Waals surface area contributed by atoms with E-state index in [0.29, 0.717) is 56.0 Å². The molecule has 0 aliphatic heterocycles. The molecule has 6 rings (SSSR count). The molecule has 12 heteroatoms. The van der Waals surface area contributed by atoms with Crippen LogP contribution in [0, 0.1) is 10.1 Å². The molecule has 44 heavy (non-hydrogen) atoms. The summed E-state index contributed by atoms with van der Waals surface area (Å²) in [6.07, 6.45) is 1.53. The molecule has 0 amide bonds. The summed E-state index contributed by atoms with van der Waals surface area (Å²) in [5, 5.41) is 17.0. The molecule has 0 unspecified atom stereocenters. The van der Waals surface area contributed by atoms with Gasteiger partial charge in [-0.1, -0.05) is 40.2 Å². The number of para-hydroxylation sites is 1. The summed E-state index contributed by atoms with van der Waals surface area (Å²) in [6.45, 7) is 2.29. The fourth-order valence-electron chi connectivity index (χ4n) is 4.62. The van der Waals surface area contributed by atoms with E-state index in [1.807, 2.05) is 37.3 Å². The van der Waals surface area contributed by atoms with Crippen molar-refractivity contribution in [2.24, 2.45) is 5.10 Å². The molecule has 0 aliphatic rings. The van der Waals surface area contributed by atoms with Gasteiger partial charge in [-0.3, -0.25) is 14.9 Å². The maximum absolute atomic E-state index is 13.7. The van der Waals surface area contributed by atoms with Gasteiger partial charge in [-0.15, -0.1) is 0 Å². The predicted octanol–water partition coefficient (Wildman–Crippen LogP) is 8.10. The normalized spacial score (nSPS) is 11.4. The molecular formula is C32H22Br2N4O6. The van der Waals surface area contributed by atoms with Crippen LogP contribution in [-0.4, -0.2) is 27.4 Å². The van der Waals surface area contributed by atoms with Gasteiger partial charge < -0.3 is 13.9 Å². The number of halogens is 2. The highest BCUT2D eigenvalue weighted by Gasteiger charge is 2.18. The van der Waals surface area contributed by atoms with E-state index in [1.54, 1.807) is 42.5 Å². The summed E-state index contributed by atoms with van der Waals surface area (Å²) in [5.41, 5.74) is 2.04. The van der Waals surface area contributed by atoms with Crippen LogP contribution in [0.15, 0.2) is 108 Å². The summed E-state index contributed by atoms with van der Waals surface area (Å²) < 4.78 is 20.6. The van der Waals surface area contributed by atoms with Crippen molar-refractivity contribution in [2.75, 3.05) is 6.61 Å².